The summed E-state index contributed by atoms with van der Waals surface area (Å²) in [4.78, 5) is 16.5. The fourth-order valence-electron chi connectivity index (χ4n) is 2.06. The van der Waals surface area contributed by atoms with Crippen LogP contribution in [0.15, 0.2) is 12.3 Å². The molecule has 2 aromatic rings. The van der Waals surface area contributed by atoms with Gasteiger partial charge in [0.15, 0.2) is 5.65 Å². The third-order valence-electron chi connectivity index (χ3n) is 3.18. The van der Waals surface area contributed by atoms with E-state index in [4.69, 9.17) is 5.73 Å². The lowest BCUT2D eigenvalue weighted by Gasteiger charge is -2.03. The SMILES string of the molecule is Cc1cc(C)n2ncc(C(=O)NC3CC3N)c2n1. The minimum atomic E-state index is -0.152. The number of carbonyl (C=O) groups excluding carboxylic acids is 1. The van der Waals surface area contributed by atoms with Crippen molar-refractivity contribution < 1.29 is 4.79 Å². The second-order valence-corrected chi connectivity index (χ2v) is 4.81. The lowest BCUT2D eigenvalue weighted by molar-refractivity contribution is 0.0951. The van der Waals surface area contributed by atoms with Gasteiger partial charge in [-0.15, -0.1) is 0 Å². The average Bonchev–Trinajstić information content (AvgIpc) is 2.83. The number of fused-ring (bicyclic) bond motifs is 1. The third kappa shape index (κ3) is 1.74. The van der Waals surface area contributed by atoms with E-state index in [-0.39, 0.29) is 18.0 Å². The second-order valence-electron chi connectivity index (χ2n) is 4.81. The summed E-state index contributed by atoms with van der Waals surface area (Å²) in [5.74, 6) is -0.152. The summed E-state index contributed by atoms with van der Waals surface area (Å²) in [6, 6.07) is 2.11. The van der Waals surface area contributed by atoms with Gasteiger partial charge in [0.1, 0.15) is 5.56 Å². The number of hydrogen-bond acceptors (Lipinski definition) is 4. The molecule has 1 aliphatic carbocycles. The number of nitrogens with two attached hydrogens (primary N) is 1. The minimum absolute atomic E-state index is 0.0900. The van der Waals surface area contributed by atoms with Crippen molar-refractivity contribution in [2.45, 2.75) is 32.4 Å². The predicted molar refractivity (Wildman–Crippen MR) is 66.3 cm³/mol. The Morgan fingerprint density at radius 1 is 1.56 bits per heavy atom. The highest BCUT2D eigenvalue weighted by Crippen LogP contribution is 2.19. The zero-order valence-electron chi connectivity index (χ0n) is 10.3. The van der Waals surface area contributed by atoms with Crippen molar-refractivity contribution >= 4 is 11.6 Å². The molecular weight excluding hydrogens is 230 g/mol. The van der Waals surface area contributed by atoms with Gasteiger partial charge in [-0.1, -0.05) is 0 Å². The Morgan fingerprint density at radius 3 is 2.94 bits per heavy atom. The van der Waals surface area contributed by atoms with Crippen molar-refractivity contribution in [3.05, 3.63) is 29.2 Å². The summed E-state index contributed by atoms with van der Waals surface area (Å²) in [5, 5.41) is 7.07. The summed E-state index contributed by atoms with van der Waals surface area (Å²) < 4.78 is 1.68. The molecule has 1 saturated carbocycles. The number of aryl methyl sites for hydroxylation is 2. The number of aromatic nitrogens is 3. The average molecular weight is 245 g/mol. The molecule has 0 radical (unpaired) electrons. The Morgan fingerprint density at radius 2 is 2.28 bits per heavy atom. The quantitative estimate of drug-likeness (QED) is 0.790. The molecule has 1 aliphatic rings. The van der Waals surface area contributed by atoms with E-state index in [1.165, 1.54) is 0 Å². The molecule has 3 rings (SSSR count). The van der Waals surface area contributed by atoms with Crippen molar-refractivity contribution in [1.29, 1.82) is 0 Å². The molecule has 1 amide bonds. The first-order chi connectivity index (χ1) is 8.56. The van der Waals surface area contributed by atoms with Crippen LogP contribution in [0.4, 0.5) is 0 Å². The van der Waals surface area contributed by atoms with Gasteiger partial charge in [-0.3, -0.25) is 4.79 Å². The van der Waals surface area contributed by atoms with Gasteiger partial charge < -0.3 is 11.1 Å². The molecular formula is C12H15N5O. The van der Waals surface area contributed by atoms with Crippen molar-refractivity contribution in [3.63, 3.8) is 0 Å². The third-order valence-corrected chi connectivity index (χ3v) is 3.18. The maximum atomic E-state index is 12.1. The zero-order chi connectivity index (χ0) is 12.9. The molecule has 0 bridgehead atoms. The van der Waals surface area contributed by atoms with Crippen LogP contribution in [0, 0.1) is 13.8 Å². The van der Waals surface area contributed by atoms with E-state index < -0.39 is 0 Å². The van der Waals surface area contributed by atoms with Crippen molar-refractivity contribution in [2.75, 3.05) is 0 Å². The highest BCUT2D eigenvalue weighted by atomic mass is 16.1. The van der Waals surface area contributed by atoms with Gasteiger partial charge in [0.05, 0.1) is 6.20 Å². The van der Waals surface area contributed by atoms with Crippen LogP contribution < -0.4 is 11.1 Å². The van der Waals surface area contributed by atoms with E-state index in [1.54, 1.807) is 10.7 Å². The van der Waals surface area contributed by atoms with Gasteiger partial charge in [-0.05, 0) is 26.3 Å². The molecule has 0 aromatic carbocycles. The van der Waals surface area contributed by atoms with Crippen LogP contribution in [-0.4, -0.2) is 32.6 Å². The lowest BCUT2D eigenvalue weighted by atomic mass is 10.3. The Labute approximate surface area is 104 Å². The normalized spacial score (nSPS) is 22.2. The summed E-state index contributed by atoms with van der Waals surface area (Å²) in [5.41, 5.74) is 8.61. The van der Waals surface area contributed by atoms with Crippen LogP contribution in [0.25, 0.3) is 5.65 Å². The Hall–Kier alpha value is -1.95. The van der Waals surface area contributed by atoms with E-state index in [2.05, 4.69) is 15.4 Å². The first kappa shape index (κ1) is 11.2. The van der Waals surface area contributed by atoms with E-state index in [9.17, 15) is 4.79 Å². The van der Waals surface area contributed by atoms with Gasteiger partial charge in [0.2, 0.25) is 0 Å². The van der Waals surface area contributed by atoms with E-state index in [0.717, 1.165) is 17.8 Å². The summed E-state index contributed by atoms with van der Waals surface area (Å²) in [7, 11) is 0. The Bertz CT molecular complexity index is 633. The lowest BCUT2D eigenvalue weighted by Crippen LogP contribution is -2.29. The standard InChI is InChI=1S/C12H15N5O/c1-6-3-7(2)17-11(15-6)8(5-14-17)12(18)16-10-4-9(10)13/h3,5,9-10H,4,13H2,1-2H3,(H,16,18). The number of amides is 1. The highest BCUT2D eigenvalue weighted by molar-refractivity contribution is 6.00. The molecule has 2 unspecified atom stereocenters. The molecule has 3 N–H and O–H groups in total. The van der Waals surface area contributed by atoms with Crippen molar-refractivity contribution in [2.24, 2.45) is 5.73 Å². The molecule has 2 heterocycles. The first-order valence-electron chi connectivity index (χ1n) is 5.94. The van der Waals surface area contributed by atoms with Crippen molar-refractivity contribution in [1.82, 2.24) is 19.9 Å². The maximum Gasteiger partial charge on any atom is 0.257 e. The van der Waals surface area contributed by atoms with Gasteiger partial charge >= 0.3 is 0 Å². The van der Waals surface area contributed by atoms with Gasteiger partial charge in [-0.2, -0.15) is 5.10 Å². The zero-order valence-corrected chi connectivity index (χ0v) is 10.3. The van der Waals surface area contributed by atoms with E-state index in [0.29, 0.717) is 11.2 Å². The van der Waals surface area contributed by atoms with Crippen molar-refractivity contribution in [3.8, 4) is 0 Å². The molecule has 0 saturated heterocycles. The van der Waals surface area contributed by atoms with Gasteiger partial charge in [-0.25, -0.2) is 9.50 Å². The topological polar surface area (TPSA) is 85.3 Å². The maximum absolute atomic E-state index is 12.1. The molecule has 0 spiro atoms. The second kappa shape index (κ2) is 3.78. The van der Waals surface area contributed by atoms with Gasteiger partial charge in [0.25, 0.3) is 5.91 Å². The molecule has 1 fully saturated rings. The van der Waals surface area contributed by atoms with Crippen LogP contribution in [0.1, 0.15) is 28.2 Å². The summed E-state index contributed by atoms with van der Waals surface area (Å²) in [6.07, 6.45) is 2.40. The smallest absolute Gasteiger partial charge is 0.257 e. The molecule has 18 heavy (non-hydrogen) atoms. The number of hydrogen-bond donors (Lipinski definition) is 2. The highest BCUT2D eigenvalue weighted by Gasteiger charge is 2.35. The molecule has 2 aromatic heterocycles. The monoisotopic (exact) mass is 245 g/mol. The number of rotatable bonds is 2. The largest absolute Gasteiger partial charge is 0.348 e. The minimum Gasteiger partial charge on any atom is -0.348 e. The Balaban J connectivity index is 1.99. The Kier molecular flexibility index (Phi) is 2.34. The number of carbonyl (C=O) groups is 1. The van der Waals surface area contributed by atoms with Crippen LogP contribution in [0.3, 0.4) is 0 Å². The number of nitrogens with zero attached hydrogens (tertiary/aromatic N) is 3. The van der Waals surface area contributed by atoms with E-state index in [1.807, 2.05) is 19.9 Å². The molecule has 0 aliphatic heterocycles. The van der Waals surface area contributed by atoms with Crippen LogP contribution in [0.2, 0.25) is 0 Å². The molecule has 94 valence electrons. The predicted octanol–water partition coefficient (Wildman–Crippen LogP) is 0.176. The summed E-state index contributed by atoms with van der Waals surface area (Å²) >= 11 is 0. The molecule has 2 atom stereocenters. The van der Waals surface area contributed by atoms with Crippen LogP contribution in [0.5, 0.6) is 0 Å². The van der Waals surface area contributed by atoms with Crippen LogP contribution >= 0.6 is 0 Å². The first-order valence-corrected chi connectivity index (χ1v) is 5.94. The number of nitrogens with one attached hydrogen (secondary N) is 1. The molecule has 6 heteroatoms. The fraction of sp³-hybridized carbons (Fsp3) is 0.417. The van der Waals surface area contributed by atoms with E-state index >= 15 is 0 Å². The van der Waals surface area contributed by atoms with Gasteiger partial charge in [0, 0.05) is 23.5 Å². The fourth-order valence-corrected chi connectivity index (χ4v) is 2.06. The van der Waals surface area contributed by atoms with Crippen LogP contribution in [-0.2, 0) is 0 Å². The summed E-state index contributed by atoms with van der Waals surface area (Å²) in [6.45, 7) is 3.84. The molecule has 6 nitrogen and oxygen atoms in total.